The first-order valence-corrected chi connectivity index (χ1v) is 11.8. The van der Waals surface area contributed by atoms with Crippen LogP contribution in [0.4, 0.5) is 4.79 Å². The van der Waals surface area contributed by atoms with Crippen molar-refractivity contribution in [2.45, 2.75) is 77.9 Å². The van der Waals surface area contributed by atoms with Crippen LogP contribution in [0.1, 0.15) is 64.5 Å². The number of nitrogens with zero attached hydrogens (tertiary/aromatic N) is 2. The molecule has 1 aliphatic heterocycles. The second-order valence-corrected chi connectivity index (χ2v) is 9.80. The van der Waals surface area contributed by atoms with E-state index >= 15 is 0 Å². The van der Waals surface area contributed by atoms with Crippen LogP contribution in [0, 0.1) is 5.92 Å². The summed E-state index contributed by atoms with van der Waals surface area (Å²) in [5, 5.41) is 4.25. The minimum atomic E-state index is -0.280. The molecule has 2 aliphatic rings. The molecule has 6 heteroatoms. The Morgan fingerprint density at radius 1 is 1.26 bits per heavy atom. The molecule has 3 atom stereocenters. The van der Waals surface area contributed by atoms with Gasteiger partial charge in [-0.3, -0.25) is 14.6 Å². The van der Waals surface area contributed by atoms with Crippen LogP contribution in [0.2, 0.25) is 0 Å². The van der Waals surface area contributed by atoms with Gasteiger partial charge in [0, 0.05) is 47.7 Å². The molecule has 2 aromatic rings. The van der Waals surface area contributed by atoms with Crippen molar-refractivity contribution < 1.29 is 9.59 Å². The number of likely N-dealkylation sites (tertiary alicyclic amines) is 1. The first kappa shape index (κ1) is 21.9. The van der Waals surface area contributed by atoms with Crippen molar-refractivity contribution in [3.8, 4) is 0 Å². The number of carbonyl (C=O) groups excluding carboxylic acids is 2. The molecule has 0 radical (unpaired) electrons. The fourth-order valence-electron chi connectivity index (χ4n) is 5.62. The van der Waals surface area contributed by atoms with Crippen LogP contribution in [0.5, 0.6) is 0 Å². The van der Waals surface area contributed by atoms with E-state index in [1.807, 2.05) is 27.7 Å². The van der Waals surface area contributed by atoms with E-state index in [1.165, 1.54) is 26.9 Å². The van der Waals surface area contributed by atoms with E-state index in [0.717, 1.165) is 32.4 Å². The largest absolute Gasteiger partial charge is 0.361 e. The monoisotopic (exact) mass is 424 g/mol. The second-order valence-electron chi connectivity index (χ2n) is 9.80. The highest BCUT2D eigenvalue weighted by Crippen LogP contribution is 2.45. The lowest BCUT2D eigenvalue weighted by Gasteiger charge is -2.47. The number of rotatable bonds is 5. The Morgan fingerprint density at radius 3 is 2.71 bits per heavy atom. The summed E-state index contributed by atoms with van der Waals surface area (Å²) in [4.78, 5) is 33.9. The number of nitrogens with one attached hydrogen (secondary N) is 2. The molecule has 0 bridgehead atoms. The predicted octanol–water partition coefficient (Wildman–Crippen LogP) is 4.26. The summed E-state index contributed by atoms with van der Waals surface area (Å²) in [5.41, 5.74) is 3.92. The number of fused-ring (bicyclic) bond motifs is 2. The fraction of sp³-hybridized carbons (Fsp3) is 0.600. The van der Waals surface area contributed by atoms with Gasteiger partial charge in [0.25, 0.3) is 0 Å². The Hall–Kier alpha value is -2.34. The Morgan fingerprint density at radius 2 is 2.03 bits per heavy atom. The van der Waals surface area contributed by atoms with Crippen molar-refractivity contribution in [3.63, 3.8) is 0 Å². The highest BCUT2D eigenvalue weighted by atomic mass is 16.2. The van der Waals surface area contributed by atoms with Gasteiger partial charge in [-0.1, -0.05) is 19.1 Å². The molecule has 0 saturated carbocycles. The first-order chi connectivity index (χ1) is 14.8. The second kappa shape index (κ2) is 8.65. The maximum Gasteiger partial charge on any atom is 0.324 e. The zero-order valence-corrected chi connectivity index (χ0v) is 19.4. The van der Waals surface area contributed by atoms with Crippen LogP contribution in [0.25, 0.3) is 10.9 Å². The number of imide groups is 1. The smallest absolute Gasteiger partial charge is 0.324 e. The lowest BCUT2D eigenvalue weighted by molar-refractivity contribution is -0.136. The number of urea groups is 1. The van der Waals surface area contributed by atoms with Crippen LogP contribution >= 0.6 is 0 Å². The van der Waals surface area contributed by atoms with E-state index in [1.54, 1.807) is 0 Å². The molecule has 1 aromatic carbocycles. The van der Waals surface area contributed by atoms with E-state index in [4.69, 9.17) is 0 Å². The number of benzene rings is 1. The minimum absolute atomic E-state index is 0.00293. The third-order valence-electron chi connectivity index (χ3n) is 6.82. The van der Waals surface area contributed by atoms with Crippen molar-refractivity contribution in [3.05, 3.63) is 35.5 Å². The van der Waals surface area contributed by atoms with Crippen LogP contribution in [0.15, 0.2) is 24.4 Å². The van der Waals surface area contributed by atoms with Crippen LogP contribution in [-0.2, 0) is 11.2 Å². The molecule has 1 aromatic heterocycles. The third kappa shape index (κ3) is 3.98. The number of carbonyl (C=O) groups is 2. The molecule has 1 fully saturated rings. The zero-order chi connectivity index (χ0) is 22.3. The summed E-state index contributed by atoms with van der Waals surface area (Å²) >= 11 is 0. The molecule has 31 heavy (non-hydrogen) atoms. The highest BCUT2D eigenvalue weighted by Gasteiger charge is 2.44. The molecular weight excluding hydrogens is 388 g/mol. The molecule has 4 rings (SSSR count). The Bertz CT molecular complexity index is 964. The molecule has 1 unspecified atom stereocenters. The fourth-order valence-corrected chi connectivity index (χ4v) is 5.62. The van der Waals surface area contributed by atoms with Gasteiger partial charge in [0.2, 0.25) is 5.91 Å². The Balaban J connectivity index is 1.67. The lowest BCUT2D eigenvalue weighted by atomic mass is 9.72. The van der Waals surface area contributed by atoms with E-state index in [9.17, 15) is 9.59 Å². The van der Waals surface area contributed by atoms with Crippen LogP contribution in [0.3, 0.4) is 0 Å². The third-order valence-corrected chi connectivity index (χ3v) is 6.82. The molecule has 3 amide bonds. The average Bonchev–Trinajstić information content (AvgIpc) is 3.12. The Kier molecular flexibility index (Phi) is 6.11. The van der Waals surface area contributed by atoms with E-state index in [0.29, 0.717) is 12.0 Å². The summed E-state index contributed by atoms with van der Waals surface area (Å²) in [6.07, 6.45) is 5.02. The summed E-state index contributed by atoms with van der Waals surface area (Å²) in [6.45, 7) is 11.6. The minimum Gasteiger partial charge on any atom is -0.361 e. The number of H-pyrrole nitrogens is 1. The number of piperidine rings is 1. The molecule has 168 valence electrons. The standard InChI is InChI=1S/C25H36N4O2/c1-6-10-28-14-18(24(30)29(16(4)5)25(31)27-15(2)3)11-20-19-8-7-9-21-23(19)17(13-26-21)12-22(20)28/h7-9,13,15-16,18,20,22,26H,6,10-12,14H2,1-5H3,(H,27,31)/t18-,20?,22-/m1/s1. The van der Waals surface area contributed by atoms with E-state index in [-0.39, 0.29) is 29.9 Å². The predicted molar refractivity (Wildman–Crippen MR) is 124 cm³/mol. The SMILES string of the molecule is CCCN1C[C@H](C(=O)N(C(=O)NC(C)C)C(C)C)CC2c3cccc4[nH]cc(c34)C[C@H]21. The Labute approximate surface area is 185 Å². The van der Waals surface area contributed by atoms with Crippen LogP contribution in [-0.4, -0.2) is 57.9 Å². The summed E-state index contributed by atoms with van der Waals surface area (Å²) in [7, 11) is 0. The first-order valence-electron chi connectivity index (χ1n) is 11.8. The molecular formula is C25H36N4O2. The van der Waals surface area contributed by atoms with Gasteiger partial charge in [0.15, 0.2) is 0 Å². The molecule has 1 saturated heterocycles. The molecule has 1 aliphatic carbocycles. The van der Waals surface area contributed by atoms with Gasteiger partial charge in [0.1, 0.15) is 0 Å². The van der Waals surface area contributed by atoms with Gasteiger partial charge in [-0.05, 0) is 70.7 Å². The molecule has 2 heterocycles. The topological polar surface area (TPSA) is 68.4 Å². The van der Waals surface area contributed by atoms with Crippen molar-refractivity contribution in [2.24, 2.45) is 5.92 Å². The van der Waals surface area contributed by atoms with Gasteiger partial charge in [-0.25, -0.2) is 4.79 Å². The van der Waals surface area contributed by atoms with Gasteiger partial charge < -0.3 is 10.3 Å². The van der Waals surface area contributed by atoms with Gasteiger partial charge in [-0.15, -0.1) is 0 Å². The van der Waals surface area contributed by atoms with Crippen molar-refractivity contribution >= 4 is 22.8 Å². The molecule has 0 spiro atoms. The van der Waals surface area contributed by atoms with E-state index < -0.39 is 0 Å². The number of aromatic amines is 1. The number of aromatic nitrogens is 1. The van der Waals surface area contributed by atoms with Crippen molar-refractivity contribution in [1.82, 2.24) is 20.1 Å². The van der Waals surface area contributed by atoms with Crippen LogP contribution < -0.4 is 5.32 Å². The van der Waals surface area contributed by atoms with Gasteiger partial charge >= 0.3 is 6.03 Å². The summed E-state index contributed by atoms with van der Waals surface area (Å²) < 4.78 is 0. The quantitative estimate of drug-likeness (QED) is 0.753. The summed E-state index contributed by atoms with van der Waals surface area (Å²) in [6, 6.07) is 6.44. The molecule has 2 N–H and O–H groups in total. The van der Waals surface area contributed by atoms with E-state index in [2.05, 4.69) is 46.5 Å². The highest BCUT2D eigenvalue weighted by molar-refractivity contribution is 5.96. The van der Waals surface area contributed by atoms with Crippen molar-refractivity contribution in [2.75, 3.05) is 13.1 Å². The number of hydrogen-bond acceptors (Lipinski definition) is 3. The lowest BCUT2D eigenvalue weighted by Crippen LogP contribution is -2.57. The normalized spacial score (nSPS) is 23.3. The zero-order valence-electron chi connectivity index (χ0n) is 19.4. The average molecular weight is 425 g/mol. The maximum atomic E-state index is 13.7. The number of amides is 3. The van der Waals surface area contributed by atoms with Crippen molar-refractivity contribution in [1.29, 1.82) is 0 Å². The number of hydrogen-bond donors (Lipinski definition) is 2. The molecule has 6 nitrogen and oxygen atoms in total. The summed E-state index contributed by atoms with van der Waals surface area (Å²) in [5.74, 6) is 0.0898. The van der Waals surface area contributed by atoms with Gasteiger partial charge in [0.05, 0.1) is 5.92 Å². The maximum absolute atomic E-state index is 13.7. The van der Waals surface area contributed by atoms with Gasteiger partial charge in [-0.2, -0.15) is 0 Å².